The summed E-state index contributed by atoms with van der Waals surface area (Å²) in [7, 11) is 0. The van der Waals surface area contributed by atoms with Crippen LogP contribution in [-0.4, -0.2) is 40.0 Å². The van der Waals surface area contributed by atoms with Crippen molar-refractivity contribution in [3.8, 4) is 0 Å². The average Bonchev–Trinajstić information content (AvgIpc) is 2.94. The Hall–Kier alpha value is -1.88. The maximum Gasteiger partial charge on any atom is 0.250 e. The Kier molecular flexibility index (Phi) is 4.66. The molecule has 0 aliphatic carbocycles. The Labute approximate surface area is 137 Å². The van der Waals surface area contributed by atoms with Crippen LogP contribution >= 0.6 is 0 Å². The van der Waals surface area contributed by atoms with E-state index in [1.165, 1.54) is 13.0 Å². The largest absolute Gasteiger partial charge is 0.366 e. The van der Waals surface area contributed by atoms with E-state index in [4.69, 9.17) is 10.7 Å². The molecule has 5 heteroatoms. The smallest absolute Gasteiger partial charge is 0.250 e. The standard InChI is InChI=1S/C18H26N4O/c1-3-10-21-11-8-13(9-12-21)18-20-16-14(17(19)23)6-5-7-15(16)22(18)4-2/h5-7,13H,3-4,8-12H2,1-2H3,(H2,19,23). The maximum absolute atomic E-state index is 11.7. The molecule has 5 nitrogen and oxygen atoms in total. The fourth-order valence-corrected chi connectivity index (χ4v) is 3.74. The molecule has 1 fully saturated rings. The number of hydrogen-bond donors (Lipinski definition) is 1. The summed E-state index contributed by atoms with van der Waals surface area (Å²) < 4.78 is 2.25. The van der Waals surface area contributed by atoms with Crippen molar-refractivity contribution in [3.63, 3.8) is 0 Å². The van der Waals surface area contributed by atoms with Crippen molar-refractivity contribution in [2.24, 2.45) is 5.73 Å². The summed E-state index contributed by atoms with van der Waals surface area (Å²) in [6, 6.07) is 5.70. The summed E-state index contributed by atoms with van der Waals surface area (Å²) in [5, 5.41) is 0. The highest BCUT2D eigenvalue weighted by Crippen LogP contribution is 2.31. The third-order valence-electron chi connectivity index (χ3n) is 4.88. The second-order valence-electron chi connectivity index (χ2n) is 6.37. The molecule has 1 amide bonds. The summed E-state index contributed by atoms with van der Waals surface area (Å²) in [6.45, 7) is 8.68. The number of nitrogens with zero attached hydrogens (tertiary/aromatic N) is 3. The number of carbonyl (C=O) groups is 1. The average molecular weight is 314 g/mol. The first kappa shape index (κ1) is 16.0. The first-order chi connectivity index (χ1) is 11.2. The third kappa shape index (κ3) is 2.98. The second kappa shape index (κ2) is 6.71. The van der Waals surface area contributed by atoms with E-state index in [1.807, 2.05) is 12.1 Å². The Morgan fingerprint density at radius 2 is 2.04 bits per heavy atom. The maximum atomic E-state index is 11.7. The van der Waals surface area contributed by atoms with E-state index in [1.54, 1.807) is 6.07 Å². The Balaban J connectivity index is 1.95. The zero-order valence-electron chi connectivity index (χ0n) is 14.1. The monoisotopic (exact) mass is 314 g/mol. The van der Waals surface area contributed by atoms with Gasteiger partial charge in [0.15, 0.2) is 0 Å². The number of nitrogens with two attached hydrogens (primary N) is 1. The van der Waals surface area contributed by atoms with Crippen molar-refractivity contribution in [2.75, 3.05) is 19.6 Å². The number of aromatic nitrogens is 2. The Bertz CT molecular complexity index is 698. The molecule has 124 valence electrons. The van der Waals surface area contributed by atoms with Crippen LogP contribution in [-0.2, 0) is 6.54 Å². The Morgan fingerprint density at radius 1 is 1.30 bits per heavy atom. The van der Waals surface area contributed by atoms with Gasteiger partial charge in [0, 0.05) is 12.5 Å². The molecule has 0 bridgehead atoms. The van der Waals surface area contributed by atoms with E-state index >= 15 is 0 Å². The van der Waals surface area contributed by atoms with E-state index in [0.717, 1.165) is 49.3 Å². The number of para-hydroxylation sites is 1. The van der Waals surface area contributed by atoms with Crippen LogP contribution in [0.3, 0.4) is 0 Å². The Morgan fingerprint density at radius 3 is 2.65 bits per heavy atom. The molecule has 2 N–H and O–H groups in total. The summed E-state index contributed by atoms with van der Waals surface area (Å²) in [5.74, 6) is 1.18. The summed E-state index contributed by atoms with van der Waals surface area (Å²) >= 11 is 0. The van der Waals surface area contributed by atoms with Crippen LogP contribution in [0.4, 0.5) is 0 Å². The SMILES string of the molecule is CCCN1CCC(c2nc3c(C(N)=O)cccc3n2CC)CC1. The molecular weight excluding hydrogens is 288 g/mol. The van der Waals surface area contributed by atoms with Gasteiger partial charge in [0.1, 0.15) is 11.3 Å². The van der Waals surface area contributed by atoms with Crippen molar-refractivity contribution < 1.29 is 4.79 Å². The predicted molar refractivity (Wildman–Crippen MR) is 92.6 cm³/mol. The van der Waals surface area contributed by atoms with Gasteiger partial charge in [-0.05, 0) is 58.0 Å². The van der Waals surface area contributed by atoms with Gasteiger partial charge in [0.2, 0.25) is 0 Å². The van der Waals surface area contributed by atoms with Crippen molar-refractivity contribution in [3.05, 3.63) is 29.6 Å². The molecule has 0 saturated carbocycles. The molecule has 0 atom stereocenters. The lowest BCUT2D eigenvalue weighted by Gasteiger charge is -2.31. The van der Waals surface area contributed by atoms with Crippen molar-refractivity contribution >= 4 is 16.9 Å². The minimum absolute atomic E-state index is 0.402. The van der Waals surface area contributed by atoms with E-state index in [9.17, 15) is 4.79 Å². The minimum Gasteiger partial charge on any atom is -0.366 e. The number of aryl methyl sites for hydroxylation is 1. The highest BCUT2D eigenvalue weighted by atomic mass is 16.1. The van der Waals surface area contributed by atoms with Crippen molar-refractivity contribution in [2.45, 2.75) is 45.6 Å². The number of imidazole rings is 1. The van der Waals surface area contributed by atoms with Gasteiger partial charge < -0.3 is 15.2 Å². The first-order valence-electron chi connectivity index (χ1n) is 8.67. The lowest BCUT2D eigenvalue weighted by molar-refractivity contribution is 0.100. The number of likely N-dealkylation sites (tertiary alicyclic amines) is 1. The number of fused-ring (bicyclic) bond motifs is 1. The van der Waals surface area contributed by atoms with Crippen LogP contribution < -0.4 is 5.73 Å². The van der Waals surface area contributed by atoms with E-state index in [2.05, 4.69) is 23.3 Å². The molecule has 1 saturated heterocycles. The highest BCUT2D eigenvalue weighted by Gasteiger charge is 2.25. The number of hydrogen-bond acceptors (Lipinski definition) is 3. The molecule has 3 rings (SSSR count). The molecule has 1 aliphatic rings. The fourth-order valence-electron chi connectivity index (χ4n) is 3.74. The lowest BCUT2D eigenvalue weighted by Crippen LogP contribution is -2.34. The van der Waals surface area contributed by atoms with Gasteiger partial charge in [0.05, 0.1) is 11.1 Å². The zero-order valence-corrected chi connectivity index (χ0v) is 14.1. The van der Waals surface area contributed by atoms with Gasteiger partial charge in [-0.2, -0.15) is 0 Å². The quantitative estimate of drug-likeness (QED) is 0.923. The number of carbonyl (C=O) groups excluding carboxylic acids is 1. The molecule has 0 unspecified atom stereocenters. The zero-order chi connectivity index (χ0) is 16.4. The minimum atomic E-state index is -0.402. The van der Waals surface area contributed by atoms with Crippen molar-refractivity contribution in [1.82, 2.24) is 14.5 Å². The topological polar surface area (TPSA) is 64.2 Å². The molecule has 0 radical (unpaired) electrons. The van der Waals surface area contributed by atoms with E-state index < -0.39 is 5.91 Å². The number of benzene rings is 1. The van der Waals surface area contributed by atoms with Gasteiger partial charge in [0.25, 0.3) is 5.91 Å². The number of rotatable bonds is 5. The van der Waals surface area contributed by atoms with E-state index in [0.29, 0.717) is 11.5 Å². The second-order valence-corrected chi connectivity index (χ2v) is 6.37. The summed E-state index contributed by atoms with van der Waals surface area (Å²) in [5.41, 5.74) is 7.82. The normalized spacial score (nSPS) is 17.0. The lowest BCUT2D eigenvalue weighted by atomic mass is 9.96. The van der Waals surface area contributed by atoms with Gasteiger partial charge in [-0.15, -0.1) is 0 Å². The fraction of sp³-hybridized carbons (Fsp3) is 0.556. The van der Waals surface area contributed by atoms with Crippen LogP contribution in [0.15, 0.2) is 18.2 Å². The van der Waals surface area contributed by atoms with Crippen molar-refractivity contribution in [1.29, 1.82) is 0 Å². The molecule has 2 heterocycles. The predicted octanol–water partition coefficient (Wildman–Crippen LogP) is 2.74. The molecule has 1 aromatic carbocycles. The highest BCUT2D eigenvalue weighted by molar-refractivity contribution is 6.04. The molecular formula is C18H26N4O. The van der Waals surface area contributed by atoms with Gasteiger partial charge >= 0.3 is 0 Å². The molecule has 1 aliphatic heterocycles. The van der Waals surface area contributed by atoms with Crippen LogP contribution in [0, 0.1) is 0 Å². The number of piperidine rings is 1. The summed E-state index contributed by atoms with van der Waals surface area (Å²) in [4.78, 5) is 19.1. The van der Waals surface area contributed by atoms with Crippen LogP contribution in [0.2, 0.25) is 0 Å². The van der Waals surface area contributed by atoms with E-state index in [-0.39, 0.29) is 0 Å². The van der Waals surface area contributed by atoms with Gasteiger partial charge in [-0.25, -0.2) is 4.98 Å². The van der Waals surface area contributed by atoms with Gasteiger partial charge in [-0.3, -0.25) is 4.79 Å². The van der Waals surface area contributed by atoms with Crippen LogP contribution in [0.1, 0.15) is 55.2 Å². The molecule has 23 heavy (non-hydrogen) atoms. The van der Waals surface area contributed by atoms with Crippen LogP contribution in [0.5, 0.6) is 0 Å². The number of primary amides is 1. The third-order valence-corrected chi connectivity index (χ3v) is 4.88. The van der Waals surface area contributed by atoms with Gasteiger partial charge in [-0.1, -0.05) is 13.0 Å². The molecule has 1 aromatic heterocycles. The molecule has 0 spiro atoms. The molecule has 2 aromatic rings. The summed E-state index contributed by atoms with van der Waals surface area (Å²) in [6.07, 6.45) is 3.48. The van der Waals surface area contributed by atoms with Crippen LogP contribution in [0.25, 0.3) is 11.0 Å². The number of amides is 1. The first-order valence-corrected chi connectivity index (χ1v) is 8.67.